The van der Waals surface area contributed by atoms with Crippen LogP contribution in [0.25, 0.3) is 10.9 Å². The summed E-state index contributed by atoms with van der Waals surface area (Å²) in [5, 5.41) is 1.09. The van der Waals surface area contributed by atoms with Gasteiger partial charge in [0.1, 0.15) is 5.60 Å². The third kappa shape index (κ3) is 8.24. The van der Waals surface area contributed by atoms with Crippen LogP contribution in [0.4, 0.5) is 4.79 Å². The van der Waals surface area contributed by atoms with Gasteiger partial charge in [0, 0.05) is 18.0 Å². The fraction of sp³-hybridized carbons (Fsp3) is 0.556. The number of rotatable bonds is 11. The van der Waals surface area contributed by atoms with Crippen molar-refractivity contribution >= 4 is 17.0 Å². The zero-order valence-corrected chi connectivity index (χ0v) is 19.4. The highest BCUT2D eigenvalue weighted by Crippen LogP contribution is 2.23. The molecule has 0 saturated heterocycles. The van der Waals surface area contributed by atoms with Gasteiger partial charge in [-0.25, -0.2) is 4.79 Å². The highest BCUT2D eigenvalue weighted by atomic mass is 16.6. The molecule has 0 aliphatic heterocycles. The van der Waals surface area contributed by atoms with E-state index in [0.29, 0.717) is 0 Å². The van der Waals surface area contributed by atoms with Crippen LogP contribution in [0.5, 0.6) is 0 Å². The highest BCUT2D eigenvalue weighted by molar-refractivity contribution is 5.92. The smallest absolute Gasteiger partial charge is 0.419 e. The monoisotopic (exact) mass is 409 g/mol. The van der Waals surface area contributed by atoms with E-state index in [9.17, 15) is 4.79 Å². The molecule has 30 heavy (non-hydrogen) atoms. The van der Waals surface area contributed by atoms with Crippen LogP contribution in [0.3, 0.4) is 0 Å². The first-order valence-electron chi connectivity index (χ1n) is 11.6. The lowest BCUT2D eigenvalue weighted by molar-refractivity contribution is 0.0544. The number of aromatic nitrogens is 1. The van der Waals surface area contributed by atoms with Crippen molar-refractivity contribution < 1.29 is 9.53 Å². The Labute approximate surface area is 182 Å². The zero-order chi connectivity index (χ0) is 21.8. The molecule has 0 bridgehead atoms. The second kappa shape index (κ2) is 12.4. The third-order valence-electron chi connectivity index (χ3n) is 5.14. The molecular weight excluding hydrogens is 370 g/mol. The third-order valence-corrected chi connectivity index (χ3v) is 5.14. The van der Waals surface area contributed by atoms with Gasteiger partial charge in [-0.15, -0.1) is 5.73 Å². The number of para-hydroxylation sites is 1. The topological polar surface area (TPSA) is 31.2 Å². The highest BCUT2D eigenvalue weighted by Gasteiger charge is 2.20. The van der Waals surface area contributed by atoms with Gasteiger partial charge in [-0.3, -0.25) is 4.57 Å². The van der Waals surface area contributed by atoms with E-state index < -0.39 is 5.60 Å². The molecular formula is C27H39NO2. The molecule has 1 heterocycles. The molecule has 0 radical (unpaired) electrons. The summed E-state index contributed by atoms with van der Waals surface area (Å²) in [6.07, 6.45) is 18.4. The maximum atomic E-state index is 12.6. The molecule has 2 aromatic rings. The lowest BCUT2D eigenvalue weighted by atomic mass is 10.1. The van der Waals surface area contributed by atoms with E-state index in [2.05, 4.69) is 30.9 Å². The van der Waals surface area contributed by atoms with Gasteiger partial charge < -0.3 is 4.74 Å². The van der Waals surface area contributed by atoms with Crippen molar-refractivity contribution in [2.45, 2.75) is 97.5 Å². The first kappa shape index (κ1) is 24.0. The van der Waals surface area contributed by atoms with Crippen molar-refractivity contribution in [2.24, 2.45) is 0 Å². The summed E-state index contributed by atoms with van der Waals surface area (Å²) in [4.78, 5) is 12.6. The van der Waals surface area contributed by atoms with Crippen molar-refractivity contribution in [2.75, 3.05) is 0 Å². The second-order valence-electron chi connectivity index (χ2n) is 9.06. The normalized spacial score (nSPS) is 11.3. The molecule has 0 unspecified atom stereocenters. The van der Waals surface area contributed by atoms with E-state index in [-0.39, 0.29) is 6.09 Å². The summed E-state index contributed by atoms with van der Waals surface area (Å²) in [5.74, 6) is 0. The summed E-state index contributed by atoms with van der Waals surface area (Å²) in [6, 6.07) is 7.98. The van der Waals surface area contributed by atoms with Crippen molar-refractivity contribution in [3.05, 3.63) is 53.9 Å². The molecule has 2 rings (SSSR count). The van der Waals surface area contributed by atoms with Gasteiger partial charge in [0.05, 0.1) is 5.52 Å². The largest absolute Gasteiger partial charge is 0.443 e. The second-order valence-corrected chi connectivity index (χ2v) is 9.06. The zero-order valence-electron chi connectivity index (χ0n) is 19.4. The summed E-state index contributed by atoms with van der Waals surface area (Å²) in [5.41, 5.74) is 4.81. The minimum absolute atomic E-state index is 0.334. The molecule has 0 atom stereocenters. The lowest BCUT2D eigenvalue weighted by Crippen LogP contribution is -2.26. The summed E-state index contributed by atoms with van der Waals surface area (Å²) in [7, 11) is 0. The Kier molecular flexibility index (Phi) is 9.97. The number of nitrogens with zero attached hydrogens (tertiary/aromatic N) is 1. The molecule has 0 aliphatic carbocycles. The van der Waals surface area contributed by atoms with Gasteiger partial charge in [0.2, 0.25) is 0 Å². The minimum Gasteiger partial charge on any atom is -0.443 e. The maximum absolute atomic E-state index is 12.6. The average Bonchev–Trinajstić information content (AvgIpc) is 3.06. The van der Waals surface area contributed by atoms with Crippen LogP contribution in [0.15, 0.2) is 48.3 Å². The van der Waals surface area contributed by atoms with Crippen LogP contribution in [-0.2, 0) is 11.2 Å². The van der Waals surface area contributed by atoms with Crippen LogP contribution in [0.2, 0.25) is 0 Å². The Morgan fingerprint density at radius 1 is 1.00 bits per heavy atom. The first-order valence-corrected chi connectivity index (χ1v) is 11.6. The number of fused-ring (bicyclic) bond motifs is 1. The van der Waals surface area contributed by atoms with Crippen LogP contribution in [0, 0.1) is 0 Å². The molecule has 0 spiro atoms. The molecule has 0 amide bonds. The van der Waals surface area contributed by atoms with Gasteiger partial charge in [-0.05, 0) is 57.4 Å². The van der Waals surface area contributed by atoms with Gasteiger partial charge in [0.15, 0.2) is 0 Å². The number of carbonyl (C=O) groups is 1. The number of hydrogen-bond donors (Lipinski definition) is 0. The number of allylic oxidation sites excluding steroid dienone is 1. The number of unbranched alkanes of at least 4 members (excludes halogenated alkanes) is 8. The average molecular weight is 410 g/mol. The van der Waals surface area contributed by atoms with Crippen molar-refractivity contribution in [3.8, 4) is 0 Å². The predicted molar refractivity (Wildman–Crippen MR) is 127 cm³/mol. The number of carbonyl (C=O) groups excluding carboxylic acids is 1. The molecule has 0 fully saturated rings. The van der Waals surface area contributed by atoms with Crippen molar-refractivity contribution in [3.63, 3.8) is 0 Å². The quantitative estimate of drug-likeness (QED) is 0.276. The van der Waals surface area contributed by atoms with Gasteiger partial charge in [-0.2, -0.15) is 0 Å². The van der Waals surface area contributed by atoms with Gasteiger partial charge in [-0.1, -0.05) is 70.1 Å². The fourth-order valence-electron chi connectivity index (χ4n) is 3.59. The number of ether oxygens (including phenoxy) is 1. The van der Waals surface area contributed by atoms with Crippen LogP contribution in [0.1, 0.15) is 91.0 Å². The fourth-order valence-corrected chi connectivity index (χ4v) is 3.59. The molecule has 1 aromatic heterocycles. The van der Waals surface area contributed by atoms with Gasteiger partial charge in [0.25, 0.3) is 0 Å². The van der Waals surface area contributed by atoms with E-state index in [1.807, 2.05) is 45.2 Å². The molecule has 3 heteroatoms. The Hall–Kier alpha value is -2.25. The standard InChI is InChI=1S/C27H39NO2/c1-5-6-7-8-9-10-11-12-13-14-15-16-19-23-22-28(26(29)30-27(2,3)4)25-21-18-17-20-24(23)25/h14,16-18,20-22H,5-13,19H2,1-4H3. The van der Waals surface area contributed by atoms with E-state index >= 15 is 0 Å². The molecule has 0 aliphatic rings. The molecule has 0 saturated carbocycles. The van der Waals surface area contributed by atoms with E-state index in [1.165, 1.54) is 51.4 Å². The van der Waals surface area contributed by atoms with E-state index in [1.54, 1.807) is 4.57 Å². The Morgan fingerprint density at radius 3 is 2.37 bits per heavy atom. The SMILES string of the molecule is CCCCCCCCCCC=C=CCc1cn(C(=O)OC(C)(C)C)c2ccccc12. The van der Waals surface area contributed by atoms with Crippen LogP contribution in [-0.4, -0.2) is 16.3 Å². The maximum Gasteiger partial charge on any atom is 0.419 e. The van der Waals surface area contributed by atoms with Crippen molar-refractivity contribution in [1.82, 2.24) is 4.57 Å². The Bertz CT molecular complexity index is 847. The summed E-state index contributed by atoms with van der Waals surface area (Å²) >= 11 is 0. The molecule has 3 nitrogen and oxygen atoms in total. The molecule has 0 N–H and O–H groups in total. The number of benzene rings is 1. The molecule has 164 valence electrons. The van der Waals surface area contributed by atoms with E-state index in [4.69, 9.17) is 4.74 Å². The van der Waals surface area contributed by atoms with Crippen LogP contribution < -0.4 is 0 Å². The van der Waals surface area contributed by atoms with E-state index in [0.717, 1.165) is 29.3 Å². The summed E-state index contributed by atoms with van der Waals surface area (Å²) in [6.45, 7) is 7.92. The first-order chi connectivity index (χ1) is 14.4. The molecule has 1 aromatic carbocycles. The predicted octanol–water partition coefficient (Wildman–Crippen LogP) is 8.21. The lowest BCUT2D eigenvalue weighted by Gasteiger charge is -2.19. The van der Waals surface area contributed by atoms with Crippen LogP contribution >= 0.6 is 0 Å². The summed E-state index contributed by atoms with van der Waals surface area (Å²) < 4.78 is 7.17. The van der Waals surface area contributed by atoms with Gasteiger partial charge >= 0.3 is 6.09 Å². The Morgan fingerprint density at radius 2 is 1.67 bits per heavy atom. The van der Waals surface area contributed by atoms with Crippen molar-refractivity contribution in [1.29, 1.82) is 0 Å². The Balaban J connectivity index is 1.86. The minimum atomic E-state index is -0.513. The number of hydrogen-bond acceptors (Lipinski definition) is 2.